The minimum Gasteiger partial charge on any atom is -0.492 e. The van der Waals surface area contributed by atoms with Crippen LogP contribution in [0.2, 0.25) is 5.02 Å². The van der Waals surface area contributed by atoms with Crippen LogP contribution < -0.4 is 10.1 Å². The lowest BCUT2D eigenvalue weighted by molar-refractivity contribution is 0.274. The first kappa shape index (κ1) is 14.2. The Hall–Kier alpha value is -0.250. The second-order valence-corrected chi connectivity index (χ2v) is 5.97. The van der Waals surface area contributed by atoms with Gasteiger partial charge in [-0.3, -0.25) is 0 Å². The zero-order valence-corrected chi connectivity index (χ0v) is 12.8. The monoisotopic (exact) mass is 331 g/mol. The molecule has 1 N–H and O–H groups in total. The van der Waals surface area contributed by atoms with E-state index in [2.05, 4.69) is 21.2 Å². The van der Waals surface area contributed by atoms with Gasteiger partial charge in [0.05, 0.1) is 11.6 Å². The van der Waals surface area contributed by atoms with E-state index >= 15 is 0 Å². The van der Waals surface area contributed by atoms with E-state index in [-0.39, 0.29) is 0 Å². The Bertz CT molecular complexity index is 380. The highest BCUT2D eigenvalue weighted by Crippen LogP contribution is 2.32. The Kier molecular flexibility index (Phi) is 5.80. The van der Waals surface area contributed by atoms with Gasteiger partial charge in [-0.05, 0) is 72.8 Å². The van der Waals surface area contributed by atoms with Gasteiger partial charge in [-0.2, -0.15) is 0 Å². The molecule has 0 bridgehead atoms. The van der Waals surface area contributed by atoms with E-state index in [0.29, 0.717) is 5.02 Å². The molecule has 0 aliphatic carbocycles. The number of benzene rings is 1. The van der Waals surface area contributed by atoms with Crippen LogP contribution in [0.5, 0.6) is 5.75 Å². The summed E-state index contributed by atoms with van der Waals surface area (Å²) in [4.78, 5) is 0. The molecule has 0 saturated carbocycles. The van der Waals surface area contributed by atoms with Crippen molar-refractivity contribution < 1.29 is 4.74 Å². The van der Waals surface area contributed by atoms with E-state index in [1.165, 1.54) is 32.4 Å². The van der Waals surface area contributed by atoms with Crippen molar-refractivity contribution in [3.05, 3.63) is 27.7 Å². The molecule has 0 atom stereocenters. The molecule has 1 aromatic carbocycles. The summed E-state index contributed by atoms with van der Waals surface area (Å²) in [6.45, 7) is 3.09. The molecule has 0 aromatic heterocycles. The van der Waals surface area contributed by atoms with E-state index in [9.17, 15) is 0 Å². The Balaban J connectivity index is 1.70. The third kappa shape index (κ3) is 4.15. The van der Waals surface area contributed by atoms with Gasteiger partial charge in [0.15, 0.2) is 0 Å². The number of hydrogen-bond donors (Lipinski definition) is 1. The number of rotatable bonds is 5. The predicted octanol–water partition coefficient (Wildman–Crippen LogP) is 4.26. The number of ether oxygens (including phenoxy) is 1. The van der Waals surface area contributed by atoms with Crippen molar-refractivity contribution in [2.24, 2.45) is 5.92 Å². The summed E-state index contributed by atoms with van der Waals surface area (Å²) in [6.07, 6.45) is 4.97. The first-order valence-corrected chi connectivity index (χ1v) is 7.72. The fourth-order valence-corrected chi connectivity index (χ4v) is 2.85. The third-order valence-corrected chi connectivity index (χ3v) is 4.67. The van der Waals surface area contributed by atoms with Crippen molar-refractivity contribution in [1.82, 2.24) is 5.32 Å². The number of piperidine rings is 1. The molecule has 1 heterocycles. The molecule has 0 radical (unpaired) electrons. The number of halogens is 2. The van der Waals surface area contributed by atoms with E-state index < -0.39 is 0 Å². The zero-order chi connectivity index (χ0) is 12.8. The topological polar surface area (TPSA) is 21.3 Å². The molecule has 1 fully saturated rings. The first-order valence-electron chi connectivity index (χ1n) is 6.55. The Morgan fingerprint density at radius 3 is 2.89 bits per heavy atom. The average molecular weight is 333 g/mol. The lowest BCUT2D eigenvalue weighted by atomic mass is 9.93. The minimum atomic E-state index is 0.666. The molecular formula is C14H19BrClNO. The van der Waals surface area contributed by atoms with Crippen molar-refractivity contribution in [3.63, 3.8) is 0 Å². The fourth-order valence-electron chi connectivity index (χ4n) is 2.32. The standard InChI is InChI=1S/C14H19BrClNO/c15-12-4-1-5-13(14(12)16)18-10-2-3-11-6-8-17-9-7-11/h1,4-5,11,17H,2-3,6-10H2. The minimum absolute atomic E-state index is 0.666. The second kappa shape index (κ2) is 7.37. The average Bonchev–Trinajstić information content (AvgIpc) is 2.40. The van der Waals surface area contributed by atoms with Crippen molar-refractivity contribution in [1.29, 1.82) is 0 Å². The highest BCUT2D eigenvalue weighted by molar-refractivity contribution is 9.10. The lowest BCUT2D eigenvalue weighted by Gasteiger charge is -2.22. The molecule has 2 rings (SSSR count). The van der Waals surface area contributed by atoms with Gasteiger partial charge in [-0.25, -0.2) is 0 Å². The summed E-state index contributed by atoms with van der Waals surface area (Å²) < 4.78 is 6.62. The first-order chi connectivity index (χ1) is 8.77. The summed E-state index contributed by atoms with van der Waals surface area (Å²) in [5, 5.41) is 4.06. The largest absolute Gasteiger partial charge is 0.492 e. The Morgan fingerprint density at radius 2 is 2.11 bits per heavy atom. The summed E-state index contributed by atoms with van der Waals surface area (Å²) in [7, 11) is 0. The van der Waals surface area contributed by atoms with Gasteiger partial charge in [0.2, 0.25) is 0 Å². The second-order valence-electron chi connectivity index (χ2n) is 4.74. The van der Waals surface area contributed by atoms with Crippen LogP contribution in [0.4, 0.5) is 0 Å². The molecule has 1 saturated heterocycles. The van der Waals surface area contributed by atoms with Crippen LogP contribution in [0.25, 0.3) is 0 Å². The van der Waals surface area contributed by atoms with Gasteiger partial charge in [-0.15, -0.1) is 0 Å². The Labute approximate surface area is 122 Å². The molecule has 18 heavy (non-hydrogen) atoms. The van der Waals surface area contributed by atoms with Gasteiger partial charge in [0.25, 0.3) is 0 Å². The van der Waals surface area contributed by atoms with Crippen molar-refractivity contribution in [2.75, 3.05) is 19.7 Å². The molecule has 100 valence electrons. The molecule has 0 unspecified atom stereocenters. The van der Waals surface area contributed by atoms with Crippen molar-refractivity contribution in [2.45, 2.75) is 25.7 Å². The number of hydrogen-bond acceptors (Lipinski definition) is 2. The van der Waals surface area contributed by atoms with Crippen LogP contribution in [-0.2, 0) is 0 Å². The predicted molar refractivity (Wildman–Crippen MR) is 79.5 cm³/mol. The molecule has 2 nitrogen and oxygen atoms in total. The van der Waals surface area contributed by atoms with Crippen LogP contribution in [0, 0.1) is 5.92 Å². The highest BCUT2D eigenvalue weighted by atomic mass is 79.9. The molecule has 1 aromatic rings. The van der Waals surface area contributed by atoms with Gasteiger partial charge >= 0.3 is 0 Å². The molecule has 0 spiro atoms. The van der Waals surface area contributed by atoms with E-state index in [0.717, 1.165) is 29.2 Å². The maximum absolute atomic E-state index is 6.14. The smallest absolute Gasteiger partial charge is 0.139 e. The van der Waals surface area contributed by atoms with Crippen molar-refractivity contribution in [3.8, 4) is 5.75 Å². The SMILES string of the molecule is Clc1c(Br)cccc1OCCCC1CCNCC1. The number of nitrogens with one attached hydrogen (secondary N) is 1. The summed E-state index contributed by atoms with van der Waals surface area (Å²) in [6, 6.07) is 5.78. The van der Waals surface area contributed by atoms with Gasteiger partial charge in [0, 0.05) is 4.47 Å². The van der Waals surface area contributed by atoms with Gasteiger partial charge in [-0.1, -0.05) is 17.7 Å². The maximum Gasteiger partial charge on any atom is 0.139 e. The summed E-state index contributed by atoms with van der Waals surface area (Å²) >= 11 is 9.54. The van der Waals surface area contributed by atoms with Gasteiger partial charge < -0.3 is 10.1 Å². The quantitative estimate of drug-likeness (QED) is 0.813. The van der Waals surface area contributed by atoms with E-state index in [1.54, 1.807) is 0 Å². The van der Waals surface area contributed by atoms with Crippen molar-refractivity contribution >= 4 is 27.5 Å². The fraction of sp³-hybridized carbons (Fsp3) is 0.571. The zero-order valence-electron chi connectivity index (χ0n) is 10.4. The Morgan fingerprint density at radius 1 is 1.33 bits per heavy atom. The third-order valence-electron chi connectivity index (χ3n) is 3.39. The molecular weight excluding hydrogens is 314 g/mol. The maximum atomic E-state index is 6.14. The van der Waals surface area contributed by atoms with E-state index in [4.69, 9.17) is 16.3 Å². The summed E-state index contributed by atoms with van der Waals surface area (Å²) in [5.41, 5.74) is 0. The van der Waals surface area contributed by atoms with Crippen LogP contribution >= 0.6 is 27.5 Å². The van der Waals surface area contributed by atoms with Crippen LogP contribution in [0.1, 0.15) is 25.7 Å². The van der Waals surface area contributed by atoms with Crippen LogP contribution in [-0.4, -0.2) is 19.7 Å². The van der Waals surface area contributed by atoms with E-state index in [1.807, 2.05) is 18.2 Å². The molecule has 1 aliphatic heterocycles. The molecule has 1 aliphatic rings. The highest BCUT2D eigenvalue weighted by Gasteiger charge is 2.12. The van der Waals surface area contributed by atoms with Crippen LogP contribution in [0.15, 0.2) is 22.7 Å². The van der Waals surface area contributed by atoms with Crippen LogP contribution in [0.3, 0.4) is 0 Å². The summed E-state index contributed by atoms with van der Waals surface area (Å²) in [5.74, 6) is 1.64. The van der Waals surface area contributed by atoms with Gasteiger partial charge in [0.1, 0.15) is 5.75 Å². The normalized spacial score (nSPS) is 16.8. The lowest BCUT2D eigenvalue weighted by Crippen LogP contribution is -2.27. The molecule has 4 heteroatoms. The molecule has 0 amide bonds.